The van der Waals surface area contributed by atoms with Gasteiger partial charge in [-0.3, -0.25) is 4.79 Å². The van der Waals surface area contributed by atoms with Gasteiger partial charge in [0.1, 0.15) is 5.56 Å². The van der Waals surface area contributed by atoms with Crippen molar-refractivity contribution in [2.75, 3.05) is 0 Å². The first-order valence-electron chi connectivity index (χ1n) is 5.16. The SMILES string of the molecule is Cn1cc(C(=O)O)c(=O)c2cccc(C(F)(F)F)c21. The van der Waals surface area contributed by atoms with Crippen molar-refractivity contribution < 1.29 is 23.1 Å². The first-order valence-corrected chi connectivity index (χ1v) is 5.16. The van der Waals surface area contributed by atoms with Gasteiger partial charge < -0.3 is 9.67 Å². The van der Waals surface area contributed by atoms with Crippen molar-refractivity contribution in [2.45, 2.75) is 6.18 Å². The van der Waals surface area contributed by atoms with Crippen LogP contribution in [0.4, 0.5) is 13.2 Å². The molecule has 0 atom stereocenters. The molecule has 0 aliphatic heterocycles. The highest BCUT2D eigenvalue weighted by Gasteiger charge is 2.34. The molecule has 0 saturated carbocycles. The first kappa shape index (κ1) is 13.1. The third kappa shape index (κ3) is 2.07. The minimum atomic E-state index is -4.62. The molecule has 2 aromatic rings. The molecule has 0 bridgehead atoms. The van der Waals surface area contributed by atoms with Gasteiger partial charge in [0.2, 0.25) is 5.43 Å². The molecule has 4 nitrogen and oxygen atoms in total. The third-order valence-electron chi connectivity index (χ3n) is 2.74. The Hall–Kier alpha value is -2.31. The number of pyridine rings is 1. The van der Waals surface area contributed by atoms with Gasteiger partial charge in [-0.1, -0.05) is 6.07 Å². The number of hydrogen-bond donors (Lipinski definition) is 1. The second kappa shape index (κ2) is 4.11. The quantitative estimate of drug-likeness (QED) is 0.865. The summed E-state index contributed by atoms with van der Waals surface area (Å²) in [6.07, 6.45) is -3.73. The van der Waals surface area contributed by atoms with E-state index in [1.165, 1.54) is 13.1 Å². The number of alkyl halides is 3. The molecule has 0 unspecified atom stereocenters. The number of para-hydroxylation sites is 1. The highest BCUT2D eigenvalue weighted by Crippen LogP contribution is 2.33. The molecule has 0 aliphatic rings. The summed E-state index contributed by atoms with van der Waals surface area (Å²) in [5.41, 5.74) is -2.78. The zero-order valence-electron chi connectivity index (χ0n) is 9.65. The summed E-state index contributed by atoms with van der Waals surface area (Å²) >= 11 is 0. The largest absolute Gasteiger partial charge is 0.477 e. The van der Waals surface area contributed by atoms with E-state index in [1.54, 1.807) is 0 Å². The van der Waals surface area contributed by atoms with Crippen LogP contribution >= 0.6 is 0 Å². The number of carboxylic acids is 1. The zero-order valence-corrected chi connectivity index (χ0v) is 9.65. The van der Waals surface area contributed by atoms with Crippen molar-refractivity contribution >= 4 is 16.9 Å². The van der Waals surface area contributed by atoms with Crippen molar-refractivity contribution in [2.24, 2.45) is 7.05 Å². The van der Waals surface area contributed by atoms with Gasteiger partial charge in [-0.05, 0) is 12.1 Å². The number of benzene rings is 1. The molecule has 1 N–H and O–H groups in total. The Bertz CT molecular complexity index is 731. The maximum absolute atomic E-state index is 12.9. The van der Waals surface area contributed by atoms with E-state index in [9.17, 15) is 22.8 Å². The van der Waals surface area contributed by atoms with E-state index in [4.69, 9.17) is 5.11 Å². The summed E-state index contributed by atoms with van der Waals surface area (Å²) in [6, 6.07) is 3.11. The van der Waals surface area contributed by atoms with E-state index in [0.717, 1.165) is 22.9 Å². The van der Waals surface area contributed by atoms with Gasteiger partial charge in [-0.25, -0.2) is 4.79 Å². The topological polar surface area (TPSA) is 59.3 Å². The average Bonchev–Trinajstić information content (AvgIpc) is 2.31. The van der Waals surface area contributed by atoms with Crippen molar-refractivity contribution in [1.29, 1.82) is 0 Å². The molecule has 1 aromatic carbocycles. The minimum absolute atomic E-state index is 0.266. The van der Waals surface area contributed by atoms with E-state index in [2.05, 4.69) is 0 Å². The normalized spacial score (nSPS) is 11.8. The van der Waals surface area contributed by atoms with E-state index in [-0.39, 0.29) is 10.9 Å². The van der Waals surface area contributed by atoms with Crippen LogP contribution in [0.3, 0.4) is 0 Å². The van der Waals surface area contributed by atoms with Gasteiger partial charge in [-0.2, -0.15) is 13.2 Å². The van der Waals surface area contributed by atoms with Crippen molar-refractivity contribution in [3.8, 4) is 0 Å². The molecule has 7 heteroatoms. The van der Waals surface area contributed by atoms with Gasteiger partial charge in [0.15, 0.2) is 0 Å². The number of aromatic carboxylic acids is 1. The molecule has 19 heavy (non-hydrogen) atoms. The smallest absolute Gasteiger partial charge is 0.418 e. The number of nitrogens with zero attached hydrogens (tertiary/aromatic N) is 1. The molecule has 0 radical (unpaired) electrons. The van der Waals surface area contributed by atoms with Crippen molar-refractivity contribution in [1.82, 2.24) is 4.57 Å². The molecule has 0 fully saturated rings. The molecule has 1 heterocycles. The maximum Gasteiger partial charge on any atom is 0.418 e. The second-order valence-corrected chi connectivity index (χ2v) is 3.99. The second-order valence-electron chi connectivity index (χ2n) is 3.99. The highest BCUT2D eigenvalue weighted by molar-refractivity contribution is 5.93. The average molecular weight is 271 g/mol. The lowest BCUT2D eigenvalue weighted by atomic mass is 10.1. The van der Waals surface area contributed by atoms with Crippen LogP contribution in [0.1, 0.15) is 15.9 Å². The van der Waals surface area contributed by atoms with Crippen LogP contribution in [0.15, 0.2) is 29.2 Å². The number of rotatable bonds is 1. The number of fused-ring (bicyclic) bond motifs is 1. The number of carbonyl (C=O) groups is 1. The Morgan fingerprint density at radius 2 is 1.95 bits per heavy atom. The van der Waals surface area contributed by atoms with Gasteiger partial charge in [-0.15, -0.1) is 0 Å². The van der Waals surface area contributed by atoms with Crippen LogP contribution in [0.2, 0.25) is 0 Å². The summed E-state index contributed by atoms with van der Waals surface area (Å²) < 4.78 is 39.6. The monoisotopic (exact) mass is 271 g/mol. The van der Waals surface area contributed by atoms with Crippen LogP contribution in [0, 0.1) is 0 Å². The molecule has 0 saturated heterocycles. The van der Waals surface area contributed by atoms with Crippen LogP contribution in [-0.2, 0) is 13.2 Å². The number of aromatic nitrogens is 1. The Labute approximate surface area is 104 Å². The minimum Gasteiger partial charge on any atom is -0.477 e. The lowest BCUT2D eigenvalue weighted by Gasteiger charge is -2.14. The van der Waals surface area contributed by atoms with Crippen molar-refractivity contribution in [3.63, 3.8) is 0 Å². The van der Waals surface area contributed by atoms with E-state index in [0.29, 0.717) is 0 Å². The Morgan fingerprint density at radius 3 is 2.47 bits per heavy atom. The van der Waals surface area contributed by atoms with E-state index >= 15 is 0 Å². The number of halogens is 3. The first-order chi connectivity index (χ1) is 8.73. The molecular weight excluding hydrogens is 263 g/mol. The molecule has 0 aliphatic carbocycles. The van der Waals surface area contributed by atoms with Crippen LogP contribution in [0.25, 0.3) is 10.9 Å². The van der Waals surface area contributed by atoms with Crippen LogP contribution in [0.5, 0.6) is 0 Å². The van der Waals surface area contributed by atoms with Crippen LogP contribution < -0.4 is 5.43 Å². The molecule has 1 aromatic heterocycles. The predicted octanol–water partition coefficient (Wildman–Crippen LogP) is 2.26. The fourth-order valence-electron chi connectivity index (χ4n) is 1.95. The van der Waals surface area contributed by atoms with E-state index < -0.39 is 28.7 Å². The number of carboxylic acid groups (broad SMARTS) is 1. The highest BCUT2D eigenvalue weighted by atomic mass is 19.4. The van der Waals surface area contributed by atoms with Gasteiger partial charge >= 0.3 is 12.1 Å². The van der Waals surface area contributed by atoms with Gasteiger partial charge in [0.25, 0.3) is 0 Å². The molecular formula is C12H8F3NO3. The Morgan fingerprint density at radius 1 is 1.32 bits per heavy atom. The summed E-state index contributed by atoms with van der Waals surface area (Å²) in [6.45, 7) is 0. The molecule has 2 rings (SSSR count). The van der Waals surface area contributed by atoms with Gasteiger partial charge in [0.05, 0.1) is 11.1 Å². The molecule has 100 valence electrons. The lowest BCUT2D eigenvalue weighted by molar-refractivity contribution is -0.136. The standard InChI is InChI=1S/C12H8F3NO3/c1-16-5-7(11(18)19)10(17)6-3-2-4-8(9(6)16)12(13,14)15/h2-5H,1H3,(H,18,19). The van der Waals surface area contributed by atoms with Gasteiger partial charge in [0, 0.05) is 18.6 Å². The fourth-order valence-corrected chi connectivity index (χ4v) is 1.95. The zero-order chi connectivity index (χ0) is 14.4. The summed E-state index contributed by atoms with van der Waals surface area (Å²) in [5.74, 6) is -1.47. The lowest BCUT2D eigenvalue weighted by Crippen LogP contribution is -2.20. The summed E-state index contributed by atoms with van der Waals surface area (Å²) in [7, 11) is 1.27. The summed E-state index contributed by atoms with van der Waals surface area (Å²) in [5, 5.41) is 8.58. The Balaban J connectivity index is 2.99. The maximum atomic E-state index is 12.9. The van der Waals surface area contributed by atoms with Crippen molar-refractivity contribution in [3.05, 3.63) is 45.7 Å². The number of aryl methyl sites for hydroxylation is 1. The molecule has 0 amide bonds. The van der Waals surface area contributed by atoms with E-state index in [1.807, 2.05) is 0 Å². The third-order valence-corrected chi connectivity index (χ3v) is 2.74. The predicted molar refractivity (Wildman–Crippen MR) is 61.2 cm³/mol. The summed E-state index contributed by atoms with van der Waals surface area (Å²) in [4.78, 5) is 22.7. The fraction of sp³-hybridized carbons (Fsp3) is 0.167. The van der Waals surface area contributed by atoms with Crippen LogP contribution in [-0.4, -0.2) is 15.6 Å². The number of hydrogen-bond acceptors (Lipinski definition) is 2. The Kier molecular flexibility index (Phi) is 2.84. The molecule has 0 spiro atoms.